The lowest BCUT2D eigenvalue weighted by Gasteiger charge is -2.22. The first-order valence-electron chi connectivity index (χ1n) is 9.77. The number of benzene rings is 2. The van der Waals surface area contributed by atoms with Crippen molar-refractivity contribution >= 4 is 29.3 Å². The van der Waals surface area contributed by atoms with Crippen LogP contribution in [0.3, 0.4) is 0 Å². The van der Waals surface area contributed by atoms with Gasteiger partial charge in [0.1, 0.15) is 0 Å². The summed E-state index contributed by atoms with van der Waals surface area (Å²) < 4.78 is 2.00. The molecule has 3 aromatic rings. The Bertz CT molecular complexity index is 1000. The first-order chi connectivity index (χ1) is 14.5. The molecule has 5 nitrogen and oxygen atoms in total. The van der Waals surface area contributed by atoms with Crippen LogP contribution in [0.2, 0.25) is 5.02 Å². The minimum absolute atomic E-state index is 0.131. The first kappa shape index (κ1) is 22.1. The monoisotopic (exact) mass is 440 g/mol. The average Bonchev–Trinajstić information content (AvgIpc) is 3.14. The number of allylic oxidation sites excluding steroid dienone is 1. The van der Waals surface area contributed by atoms with Crippen LogP contribution < -0.4 is 5.32 Å². The van der Waals surface area contributed by atoms with E-state index in [1.807, 2.05) is 53.1 Å². The largest absolute Gasteiger partial charge is 0.342 e. The van der Waals surface area contributed by atoms with E-state index in [0.717, 1.165) is 21.6 Å². The number of aromatic nitrogens is 3. The minimum Gasteiger partial charge on any atom is -0.342 e. The van der Waals surface area contributed by atoms with E-state index < -0.39 is 0 Å². The predicted molar refractivity (Wildman–Crippen MR) is 123 cm³/mol. The minimum atomic E-state index is -0.278. The fraction of sp³-hybridized carbons (Fsp3) is 0.261. The molecular formula is C23H25ClN4OS. The normalized spacial score (nSPS) is 12.0. The molecule has 0 saturated carbocycles. The predicted octanol–water partition coefficient (Wildman–Crippen LogP) is 5.54. The zero-order valence-corrected chi connectivity index (χ0v) is 18.7. The smallest absolute Gasteiger partial charge is 0.251 e. The molecule has 0 aliphatic heterocycles. The summed E-state index contributed by atoms with van der Waals surface area (Å²) in [6.45, 7) is 8.53. The highest BCUT2D eigenvalue weighted by molar-refractivity contribution is 7.98. The molecule has 1 aromatic heterocycles. The van der Waals surface area contributed by atoms with Gasteiger partial charge in [-0.1, -0.05) is 79.7 Å². The Morgan fingerprint density at radius 2 is 1.87 bits per heavy atom. The van der Waals surface area contributed by atoms with E-state index in [4.69, 9.17) is 11.6 Å². The highest BCUT2D eigenvalue weighted by Crippen LogP contribution is 2.29. The number of rotatable bonds is 9. The van der Waals surface area contributed by atoms with Crippen LogP contribution in [0.4, 0.5) is 0 Å². The van der Waals surface area contributed by atoms with Crippen molar-refractivity contribution < 1.29 is 4.79 Å². The molecule has 0 unspecified atom stereocenters. The zero-order chi connectivity index (χ0) is 21.5. The second-order valence-electron chi connectivity index (χ2n) is 7.18. The third-order valence-corrected chi connectivity index (χ3v) is 6.02. The molecule has 0 fully saturated rings. The number of thioether (sulfide) groups is 1. The zero-order valence-electron chi connectivity index (χ0n) is 17.1. The maximum atomic E-state index is 12.7. The number of carbonyl (C=O) groups excluding carboxylic acids is 1. The lowest BCUT2D eigenvalue weighted by molar-refractivity contribution is 0.0922. The molecule has 0 radical (unpaired) electrons. The van der Waals surface area contributed by atoms with Crippen molar-refractivity contribution in [2.45, 2.75) is 37.3 Å². The molecule has 1 heterocycles. The first-order valence-corrected chi connectivity index (χ1v) is 11.1. The van der Waals surface area contributed by atoms with Crippen LogP contribution in [-0.2, 0) is 12.3 Å². The Morgan fingerprint density at radius 3 is 2.53 bits per heavy atom. The van der Waals surface area contributed by atoms with E-state index >= 15 is 0 Å². The van der Waals surface area contributed by atoms with Crippen LogP contribution in [0.25, 0.3) is 0 Å². The molecule has 30 heavy (non-hydrogen) atoms. The summed E-state index contributed by atoms with van der Waals surface area (Å²) in [6, 6.07) is 16.7. The lowest BCUT2D eigenvalue weighted by atomic mass is 10.0. The second kappa shape index (κ2) is 10.5. The summed E-state index contributed by atoms with van der Waals surface area (Å²) in [5.41, 5.74) is 1.66. The van der Waals surface area contributed by atoms with Gasteiger partial charge in [-0.15, -0.1) is 16.8 Å². The number of nitrogens with one attached hydrogen (secondary N) is 1. The van der Waals surface area contributed by atoms with Crippen molar-refractivity contribution in [1.29, 1.82) is 0 Å². The molecule has 2 aromatic carbocycles. The molecule has 1 amide bonds. The van der Waals surface area contributed by atoms with E-state index in [0.29, 0.717) is 17.9 Å². The Hall–Kier alpha value is -2.57. The Morgan fingerprint density at radius 1 is 1.17 bits per heavy atom. The molecule has 156 valence electrons. The van der Waals surface area contributed by atoms with Crippen molar-refractivity contribution in [3.05, 3.63) is 89.2 Å². The van der Waals surface area contributed by atoms with Gasteiger partial charge in [0.2, 0.25) is 0 Å². The molecule has 0 aliphatic rings. The molecule has 0 saturated heterocycles. The summed E-state index contributed by atoms with van der Waals surface area (Å²) >= 11 is 7.85. The Balaban J connectivity index is 1.84. The Kier molecular flexibility index (Phi) is 7.71. The SMILES string of the molecule is C=CCn1c(SCc2ccccc2Cl)nnc1[C@@H](NC(=O)c1ccccc1)C(C)C. The number of hydrogen-bond donors (Lipinski definition) is 1. The standard InChI is InChI=1S/C23H25ClN4OS/c1-4-14-28-21(20(16(2)3)25-22(29)17-10-6-5-7-11-17)26-27-23(28)30-15-18-12-8-9-13-19(18)24/h4-13,16,20H,1,14-15H2,2-3H3,(H,25,29)/t20-/m0/s1. The summed E-state index contributed by atoms with van der Waals surface area (Å²) in [7, 11) is 0. The maximum Gasteiger partial charge on any atom is 0.251 e. The summed E-state index contributed by atoms with van der Waals surface area (Å²) in [4.78, 5) is 12.7. The van der Waals surface area contributed by atoms with Crippen LogP contribution in [0, 0.1) is 5.92 Å². The van der Waals surface area contributed by atoms with Crippen molar-refractivity contribution in [3.8, 4) is 0 Å². The molecule has 1 N–H and O–H groups in total. The van der Waals surface area contributed by atoms with Gasteiger partial charge in [-0.05, 0) is 29.7 Å². The van der Waals surface area contributed by atoms with E-state index in [9.17, 15) is 4.79 Å². The molecule has 0 spiro atoms. The third kappa shape index (κ3) is 5.32. The summed E-state index contributed by atoms with van der Waals surface area (Å²) in [5.74, 6) is 1.40. The molecule has 0 bridgehead atoms. The molecule has 7 heteroatoms. The van der Waals surface area contributed by atoms with Gasteiger partial charge in [0.25, 0.3) is 5.91 Å². The highest BCUT2D eigenvalue weighted by Gasteiger charge is 2.26. The number of nitrogens with zero attached hydrogens (tertiary/aromatic N) is 3. The van der Waals surface area contributed by atoms with Gasteiger partial charge in [-0.2, -0.15) is 0 Å². The van der Waals surface area contributed by atoms with Gasteiger partial charge >= 0.3 is 0 Å². The topological polar surface area (TPSA) is 59.8 Å². The van der Waals surface area contributed by atoms with Gasteiger partial charge in [-0.3, -0.25) is 4.79 Å². The third-order valence-electron chi connectivity index (χ3n) is 4.64. The van der Waals surface area contributed by atoms with Crippen LogP contribution in [-0.4, -0.2) is 20.7 Å². The van der Waals surface area contributed by atoms with Crippen molar-refractivity contribution in [3.63, 3.8) is 0 Å². The number of amides is 1. The van der Waals surface area contributed by atoms with Gasteiger partial charge in [0, 0.05) is 22.9 Å². The van der Waals surface area contributed by atoms with Crippen molar-refractivity contribution in [2.75, 3.05) is 0 Å². The van der Waals surface area contributed by atoms with Crippen LogP contribution in [0.5, 0.6) is 0 Å². The Labute approximate surface area is 186 Å². The number of hydrogen-bond acceptors (Lipinski definition) is 4. The van der Waals surface area contributed by atoms with Crippen LogP contribution in [0.15, 0.2) is 72.4 Å². The number of carbonyl (C=O) groups is 1. The van der Waals surface area contributed by atoms with E-state index in [1.165, 1.54) is 0 Å². The van der Waals surface area contributed by atoms with Gasteiger partial charge in [0.15, 0.2) is 11.0 Å². The van der Waals surface area contributed by atoms with E-state index in [2.05, 4.69) is 35.9 Å². The van der Waals surface area contributed by atoms with Gasteiger partial charge in [0.05, 0.1) is 6.04 Å². The molecule has 3 rings (SSSR count). The van der Waals surface area contributed by atoms with Crippen LogP contribution in [0.1, 0.15) is 41.6 Å². The van der Waals surface area contributed by atoms with Crippen LogP contribution >= 0.6 is 23.4 Å². The van der Waals surface area contributed by atoms with Gasteiger partial charge < -0.3 is 9.88 Å². The fourth-order valence-corrected chi connectivity index (χ4v) is 4.28. The number of halogens is 1. The fourth-order valence-electron chi connectivity index (χ4n) is 3.04. The van der Waals surface area contributed by atoms with Crippen molar-refractivity contribution in [2.24, 2.45) is 5.92 Å². The van der Waals surface area contributed by atoms with E-state index in [-0.39, 0.29) is 17.9 Å². The van der Waals surface area contributed by atoms with Gasteiger partial charge in [-0.25, -0.2) is 0 Å². The molecular weight excluding hydrogens is 416 g/mol. The van der Waals surface area contributed by atoms with E-state index in [1.54, 1.807) is 23.9 Å². The average molecular weight is 441 g/mol. The maximum absolute atomic E-state index is 12.7. The van der Waals surface area contributed by atoms with Crippen molar-refractivity contribution in [1.82, 2.24) is 20.1 Å². The highest BCUT2D eigenvalue weighted by atomic mass is 35.5. The lowest BCUT2D eigenvalue weighted by Crippen LogP contribution is -2.33. The molecule has 0 aliphatic carbocycles. The quantitative estimate of drug-likeness (QED) is 0.350. The summed E-state index contributed by atoms with van der Waals surface area (Å²) in [6.07, 6.45) is 1.81. The molecule has 1 atom stereocenters. The summed E-state index contributed by atoms with van der Waals surface area (Å²) in [5, 5.41) is 13.4. The second-order valence-corrected chi connectivity index (χ2v) is 8.53.